The van der Waals surface area contributed by atoms with Gasteiger partial charge in [-0.3, -0.25) is 4.98 Å². The average Bonchev–Trinajstić information content (AvgIpc) is 2.23. The number of anilines is 1. The molecule has 3 heteroatoms. The molecule has 70 valence electrons. The summed E-state index contributed by atoms with van der Waals surface area (Å²) < 4.78 is 13.5. The van der Waals surface area contributed by atoms with Gasteiger partial charge in [0.25, 0.3) is 0 Å². The van der Waals surface area contributed by atoms with Crippen molar-refractivity contribution >= 4 is 5.69 Å². The third-order valence-electron chi connectivity index (χ3n) is 2.02. The molecule has 0 saturated carbocycles. The van der Waals surface area contributed by atoms with Gasteiger partial charge in [-0.25, -0.2) is 4.39 Å². The van der Waals surface area contributed by atoms with E-state index in [0.717, 1.165) is 5.56 Å². The molecule has 0 aliphatic carbocycles. The minimum absolute atomic E-state index is 0.166. The van der Waals surface area contributed by atoms with Crippen LogP contribution in [-0.4, -0.2) is 4.98 Å². The van der Waals surface area contributed by atoms with E-state index in [1.54, 1.807) is 42.7 Å². The molecule has 1 aromatic carbocycles. The van der Waals surface area contributed by atoms with E-state index in [2.05, 4.69) is 4.98 Å². The van der Waals surface area contributed by atoms with E-state index in [4.69, 9.17) is 5.73 Å². The van der Waals surface area contributed by atoms with Crippen molar-refractivity contribution in [2.24, 2.45) is 0 Å². The number of nitrogen functional groups attached to an aromatic ring is 1. The van der Waals surface area contributed by atoms with Crippen molar-refractivity contribution in [2.45, 2.75) is 0 Å². The van der Waals surface area contributed by atoms with Crippen LogP contribution in [-0.2, 0) is 0 Å². The summed E-state index contributed by atoms with van der Waals surface area (Å²) in [6, 6.07) is 8.46. The summed E-state index contributed by atoms with van der Waals surface area (Å²) in [5.74, 6) is -0.376. The lowest BCUT2D eigenvalue weighted by Gasteiger charge is -2.04. The number of rotatable bonds is 1. The van der Waals surface area contributed by atoms with Gasteiger partial charge in [0.05, 0.1) is 5.69 Å². The molecule has 1 aromatic heterocycles. The highest BCUT2D eigenvalue weighted by atomic mass is 19.1. The Hall–Kier alpha value is -1.90. The lowest BCUT2D eigenvalue weighted by molar-refractivity contribution is 0.636. The minimum atomic E-state index is -0.376. The Morgan fingerprint density at radius 2 is 1.79 bits per heavy atom. The first-order chi connectivity index (χ1) is 6.79. The van der Waals surface area contributed by atoms with Gasteiger partial charge in [-0.2, -0.15) is 0 Å². The van der Waals surface area contributed by atoms with Crippen LogP contribution in [0.1, 0.15) is 0 Å². The van der Waals surface area contributed by atoms with Crippen molar-refractivity contribution in [3.63, 3.8) is 0 Å². The quantitative estimate of drug-likeness (QED) is 0.698. The maximum absolute atomic E-state index is 13.5. The molecule has 0 bridgehead atoms. The van der Waals surface area contributed by atoms with Crippen LogP contribution in [0, 0.1) is 5.82 Å². The third-order valence-corrected chi connectivity index (χ3v) is 2.02. The molecule has 0 radical (unpaired) electrons. The highest BCUT2D eigenvalue weighted by Crippen LogP contribution is 2.25. The Labute approximate surface area is 81.2 Å². The fourth-order valence-corrected chi connectivity index (χ4v) is 1.30. The van der Waals surface area contributed by atoms with E-state index in [0.29, 0.717) is 5.56 Å². The zero-order chi connectivity index (χ0) is 9.97. The van der Waals surface area contributed by atoms with E-state index >= 15 is 0 Å². The molecule has 0 fully saturated rings. The smallest absolute Gasteiger partial charge is 0.153 e. The SMILES string of the molecule is Nc1cccc(-c2ccncc2)c1F. The minimum Gasteiger partial charge on any atom is -0.396 e. The molecule has 0 saturated heterocycles. The standard InChI is InChI=1S/C11H9FN2/c12-11-9(2-1-3-10(11)13)8-4-6-14-7-5-8/h1-7H,13H2. The van der Waals surface area contributed by atoms with Crippen molar-refractivity contribution in [1.82, 2.24) is 4.98 Å². The summed E-state index contributed by atoms with van der Waals surface area (Å²) in [6.07, 6.45) is 3.25. The molecule has 0 aliphatic heterocycles. The summed E-state index contributed by atoms with van der Waals surface area (Å²) in [4.78, 5) is 3.87. The van der Waals surface area contributed by atoms with Crippen LogP contribution < -0.4 is 5.73 Å². The van der Waals surface area contributed by atoms with Crippen molar-refractivity contribution in [2.75, 3.05) is 5.73 Å². The monoisotopic (exact) mass is 188 g/mol. The van der Waals surface area contributed by atoms with Gasteiger partial charge < -0.3 is 5.73 Å². The number of pyridine rings is 1. The van der Waals surface area contributed by atoms with E-state index in [1.165, 1.54) is 0 Å². The molecule has 0 amide bonds. The molecule has 14 heavy (non-hydrogen) atoms. The van der Waals surface area contributed by atoms with Crippen LogP contribution in [0.25, 0.3) is 11.1 Å². The number of aromatic nitrogens is 1. The first-order valence-corrected chi connectivity index (χ1v) is 4.23. The molecular weight excluding hydrogens is 179 g/mol. The van der Waals surface area contributed by atoms with Crippen molar-refractivity contribution in [1.29, 1.82) is 0 Å². The Kier molecular flexibility index (Phi) is 2.14. The Bertz CT molecular complexity index is 440. The molecule has 2 nitrogen and oxygen atoms in total. The van der Waals surface area contributed by atoms with Gasteiger partial charge in [0.15, 0.2) is 5.82 Å². The van der Waals surface area contributed by atoms with Gasteiger partial charge in [0, 0.05) is 18.0 Å². The van der Waals surface area contributed by atoms with Crippen LogP contribution in [0.4, 0.5) is 10.1 Å². The molecule has 2 N–H and O–H groups in total. The summed E-state index contributed by atoms with van der Waals surface area (Å²) in [5, 5.41) is 0. The van der Waals surface area contributed by atoms with E-state index in [9.17, 15) is 4.39 Å². The number of nitrogens with zero attached hydrogens (tertiary/aromatic N) is 1. The number of hydrogen-bond donors (Lipinski definition) is 1. The van der Waals surface area contributed by atoms with Gasteiger partial charge in [-0.15, -0.1) is 0 Å². The van der Waals surface area contributed by atoms with Gasteiger partial charge in [0.2, 0.25) is 0 Å². The highest BCUT2D eigenvalue weighted by Gasteiger charge is 2.06. The van der Waals surface area contributed by atoms with Gasteiger partial charge in [-0.05, 0) is 23.8 Å². The molecule has 0 atom stereocenters. The summed E-state index contributed by atoms with van der Waals surface area (Å²) in [7, 11) is 0. The maximum Gasteiger partial charge on any atom is 0.153 e. The molecule has 2 rings (SSSR count). The number of nitrogens with two attached hydrogens (primary N) is 1. The van der Waals surface area contributed by atoms with E-state index < -0.39 is 0 Å². The zero-order valence-electron chi connectivity index (χ0n) is 7.44. The van der Waals surface area contributed by atoms with E-state index in [-0.39, 0.29) is 11.5 Å². The zero-order valence-corrected chi connectivity index (χ0v) is 7.44. The van der Waals surface area contributed by atoms with Gasteiger partial charge in [0.1, 0.15) is 0 Å². The normalized spacial score (nSPS) is 10.1. The lowest BCUT2D eigenvalue weighted by atomic mass is 10.1. The third kappa shape index (κ3) is 1.44. The maximum atomic E-state index is 13.5. The highest BCUT2D eigenvalue weighted by molar-refractivity contribution is 5.67. The first kappa shape index (κ1) is 8.69. The molecule has 0 aliphatic rings. The predicted molar refractivity (Wildman–Crippen MR) is 54.0 cm³/mol. The van der Waals surface area contributed by atoms with Crippen LogP contribution >= 0.6 is 0 Å². The second-order valence-electron chi connectivity index (χ2n) is 2.94. The largest absolute Gasteiger partial charge is 0.396 e. The fourth-order valence-electron chi connectivity index (χ4n) is 1.30. The van der Waals surface area contributed by atoms with E-state index in [1.807, 2.05) is 0 Å². The number of hydrogen-bond acceptors (Lipinski definition) is 2. The lowest BCUT2D eigenvalue weighted by Crippen LogP contribution is -1.92. The van der Waals surface area contributed by atoms with Gasteiger partial charge in [-0.1, -0.05) is 12.1 Å². The Morgan fingerprint density at radius 3 is 2.50 bits per heavy atom. The Morgan fingerprint density at radius 1 is 1.07 bits per heavy atom. The summed E-state index contributed by atoms with van der Waals surface area (Å²) in [6.45, 7) is 0. The fraction of sp³-hybridized carbons (Fsp3) is 0. The molecule has 1 heterocycles. The topological polar surface area (TPSA) is 38.9 Å². The first-order valence-electron chi connectivity index (χ1n) is 4.23. The molecule has 0 spiro atoms. The van der Waals surface area contributed by atoms with Gasteiger partial charge >= 0.3 is 0 Å². The van der Waals surface area contributed by atoms with Crippen molar-refractivity contribution < 1.29 is 4.39 Å². The van der Waals surface area contributed by atoms with Crippen molar-refractivity contribution in [3.05, 3.63) is 48.5 Å². The summed E-state index contributed by atoms with van der Waals surface area (Å²) >= 11 is 0. The van der Waals surface area contributed by atoms with Crippen molar-refractivity contribution in [3.8, 4) is 11.1 Å². The van der Waals surface area contributed by atoms with Crippen LogP contribution in [0.2, 0.25) is 0 Å². The average molecular weight is 188 g/mol. The second-order valence-corrected chi connectivity index (χ2v) is 2.94. The van der Waals surface area contributed by atoms with Crippen LogP contribution in [0.5, 0.6) is 0 Å². The predicted octanol–water partition coefficient (Wildman–Crippen LogP) is 2.47. The van der Waals surface area contributed by atoms with Crippen LogP contribution in [0.15, 0.2) is 42.7 Å². The molecule has 2 aromatic rings. The Balaban J connectivity index is 2.58. The number of benzene rings is 1. The second kappa shape index (κ2) is 3.46. The molecular formula is C11H9FN2. The summed E-state index contributed by atoms with van der Waals surface area (Å²) in [5.41, 5.74) is 6.92. The number of halogens is 1. The van der Waals surface area contributed by atoms with Crippen LogP contribution in [0.3, 0.4) is 0 Å². The molecule has 0 unspecified atom stereocenters.